The maximum Gasteiger partial charge on any atom is 0.277 e. The van der Waals surface area contributed by atoms with Gasteiger partial charge < -0.3 is 14.6 Å². The number of nitrogens with one attached hydrogen (secondary N) is 1. The van der Waals surface area contributed by atoms with Crippen LogP contribution in [0.3, 0.4) is 0 Å². The Balaban J connectivity index is 1.46. The van der Waals surface area contributed by atoms with Crippen molar-refractivity contribution in [3.05, 3.63) is 54.1 Å². The lowest BCUT2D eigenvalue weighted by atomic mass is 9.87. The standard InChI is InChI=1S/C24H26N4O3S/c1-15-13-20(29)25-18-7-5-6-8-19(18)28(15)21(30)14-32-23-27-26-22(31-23)16-9-11-17(12-10-16)24(2,3)4/h5-12,15H,13-14H2,1-4H3,(H,25,29)/t15-/m0/s1. The second kappa shape index (κ2) is 8.78. The van der Waals surface area contributed by atoms with Crippen LogP contribution >= 0.6 is 11.8 Å². The lowest BCUT2D eigenvalue weighted by molar-refractivity contribution is -0.117. The highest BCUT2D eigenvalue weighted by Gasteiger charge is 2.29. The van der Waals surface area contributed by atoms with E-state index in [1.165, 1.54) is 17.3 Å². The first-order valence-electron chi connectivity index (χ1n) is 10.5. The molecule has 8 heteroatoms. The summed E-state index contributed by atoms with van der Waals surface area (Å²) in [7, 11) is 0. The summed E-state index contributed by atoms with van der Waals surface area (Å²) in [4.78, 5) is 26.9. The monoisotopic (exact) mass is 450 g/mol. The van der Waals surface area contributed by atoms with Crippen LogP contribution in [0.25, 0.3) is 11.5 Å². The highest BCUT2D eigenvalue weighted by Crippen LogP contribution is 2.33. The molecule has 0 saturated heterocycles. The minimum atomic E-state index is -0.258. The molecule has 2 aromatic carbocycles. The molecule has 1 atom stereocenters. The third-order valence-corrected chi connectivity index (χ3v) is 6.15. The molecule has 1 aliphatic rings. The Bertz CT molecular complexity index is 1130. The molecule has 0 spiro atoms. The molecule has 0 radical (unpaired) electrons. The Morgan fingerprint density at radius 1 is 1.16 bits per heavy atom. The summed E-state index contributed by atoms with van der Waals surface area (Å²) >= 11 is 1.19. The number of hydrogen-bond donors (Lipinski definition) is 1. The molecule has 0 fully saturated rings. The van der Waals surface area contributed by atoms with Gasteiger partial charge >= 0.3 is 0 Å². The third-order valence-electron chi connectivity index (χ3n) is 5.35. The van der Waals surface area contributed by atoms with E-state index in [1.54, 1.807) is 11.0 Å². The van der Waals surface area contributed by atoms with E-state index in [4.69, 9.17) is 4.42 Å². The van der Waals surface area contributed by atoms with Crippen molar-refractivity contribution in [3.8, 4) is 11.5 Å². The number of thioether (sulfide) groups is 1. The predicted octanol–water partition coefficient (Wildman–Crippen LogP) is 4.89. The Labute approximate surface area is 191 Å². The fraction of sp³-hybridized carbons (Fsp3) is 0.333. The van der Waals surface area contributed by atoms with Crippen LogP contribution in [0, 0.1) is 0 Å². The molecule has 2 heterocycles. The van der Waals surface area contributed by atoms with Crippen molar-refractivity contribution >= 4 is 35.0 Å². The van der Waals surface area contributed by atoms with Crippen molar-refractivity contribution in [1.29, 1.82) is 0 Å². The zero-order valence-electron chi connectivity index (χ0n) is 18.6. The topological polar surface area (TPSA) is 88.3 Å². The maximum atomic E-state index is 13.1. The first kappa shape index (κ1) is 22.1. The van der Waals surface area contributed by atoms with Gasteiger partial charge in [-0.2, -0.15) is 0 Å². The van der Waals surface area contributed by atoms with Gasteiger partial charge in [-0.1, -0.05) is 56.8 Å². The zero-order chi connectivity index (χ0) is 22.9. The molecule has 0 aliphatic carbocycles. The Morgan fingerprint density at radius 3 is 2.59 bits per heavy atom. The lowest BCUT2D eigenvalue weighted by Crippen LogP contribution is -2.40. The van der Waals surface area contributed by atoms with E-state index in [2.05, 4.69) is 48.4 Å². The molecule has 1 aromatic heterocycles. The molecule has 0 saturated carbocycles. The number of benzene rings is 2. The molecule has 3 aromatic rings. The number of nitrogens with zero attached hydrogens (tertiary/aromatic N) is 3. The van der Waals surface area contributed by atoms with Gasteiger partial charge in [-0.05, 0) is 42.2 Å². The molecule has 32 heavy (non-hydrogen) atoms. The molecule has 0 bridgehead atoms. The van der Waals surface area contributed by atoms with Gasteiger partial charge in [-0.15, -0.1) is 10.2 Å². The van der Waals surface area contributed by atoms with Crippen LogP contribution in [0.1, 0.15) is 39.7 Å². The van der Waals surface area contributed by atoms with Crippen LogP contribution in [0.4, 0.5) is 11.4 Å². The SMILES string of the molecule is C[C@H]1CC(=O)Nc2ccccc2N1C(=O)CSc1nnc(-c2ccc(C(C)(C)C)cc2)o1. The van der Waals surface area contributed by atoms with Crippen LogP contribution in [-0.2, 0) is 15.0 Å². The summed E-state index contributed by atoms with van der Waals surface area (Å²) in [5.74, 6) is 0.314. The fourth-order valence-electron chi connectivity index (χ4n) is 3.66. The smallest absolute Gasteiger partial charge is 0.277 e. The Kier molecular flexibility index (Phi) is 6.06. The van der Waals surface area contributed by atoms with Crippen molar-refractivity contribution < 1.29 is 14.0 Å². The summed E-state index contributed by atoms with van der Waals surface area (Å²) in [6, 6.07) is 15.1. The van der Waals surface area contributed by atoms with E-state index >= 15 is 0 Å². The Morgan fingerprint density at radius 2 is 1.88 bits per heavy atom. The van der Waals surface area contributed by atoms with Gasteiger partial charge in [0, 0.05) is 18.0 Å². The highest BCUT2D eigenvalue weighted by molar-refractivity contribution is 7.99. The van der Waals surface area contributed by atoms with E-state index in [1.807, 2.05) is 37.3 Å². The average Bonchev–Trinajstić information content (AvgIpc) is 3.17. The predicted molar refractivity (Wildman–Crippen MR) is 126 cm³/mol. The van der Waals surface area contributed by atoms with Crippen molar-refractivity contribution in [1.82, 2.24) is 10.2 Å². The van der Waals surface area contributed by atoms with Gasteiger partial charge in [0.25, 0.3) is 5.22 Å². The molecular formula is C24H26N4O3S. The molecular weight excluding hydrogens is 424 g/mol. The van der Waals surface area contributed by atoms with E-state index in [-0.39, 0.29) is 35.4 Å². The number of anilines is 2. The van der Waals surface area contributed by atoms with Crippen molar-refractivity contribution in [2.75, 3.05) is 16.0 Å². The van der Waals surface area contributed by atoms with Crippen LogP contribution in [-0.4, -0.2) is 33.8 Å². The zero-order valence-corrected chi connectivity index (χ0v) is 19.4. The summed E-state index contributed by atoms with van der Waals surface area (Å²) in [6.45, 7) is 8.36. The van der Waals surface area contributed by atoms with Gasteiger partial charge in [0.1, 0.15) is 0 Å². The van der Waals surface area contributed by atoms with E-state index in [0.29, 0.717) is 22.5 Å². The summed E-state index contributed by atoms with van der Waals surface area (Å²) in [5, 5.41) is 11.4. The van der Waals surface area contributed by atoms with Gasteiger partial charge in [0.05, 0.1) is 17.1 Å². The van der Waals surface area contributed by atoms with Gasteiger partial charge in [-0.25, -0.2) is 0 Å². The van der Waals surface area contributed by atoms with Gasteiger partial charge in [0.2, 0.25) is 17.7 Å². The number of para-hydroxylation sites is 2. The molecule has 1 N–H and O–H groups in total. The summed E-state index contributed by atoms with van der Waals surface area (Å²) in [5.41, 5.74) is 3.46. The molecule has 1 aliphatic heterocycles. The summed E-state index contributed by atoms with van der Waals surface area (Å²) in [6.07, 6.45) is 0.236. The lowest BCUT2D eigenvalue weighted by Gasteiger charge is -2.27. The highest BCUT2D eigenvalue weighted by atomic mass is 32.2. The largest absolute Gasteiger partial charge is 0.411 e. The van der Waals surface area contributed by atoms with Crippen LogP contribution in [0.15, 0.2) is 58.2 Å². The van der Waals surface area contributed by atoms with Crippen molar-refractivity contribution in [2.24, 2.45) is 0 Å². The quantitative estimate of drug-likeness (QED) is 0.570. The number of fused-ring (bicyclic) bond motifs is 1. The number of rotatable bonds is 4. The average molecular weight is 451 g/mol. The molecule has 166 valence electrons. The molecule has 2 amide bonds. The van der Waals surface area contributed by atoms with Crippen molar-refractivity contribution in [3.63, 3.8) is 0 Å². The molecule has 7 nitrogen and oxygen atoms in total. The fourth-order valence-corrected chi connectivity index (χ4v) is 4.28. The Hall–Kier alpha value is -3.13. The first-order chi connectivity index (χ1) is 15.2. The first-order valence-corrected chi connectivity index (χ1v) is 11.5. The van der Waals surface area contributed by atoms with Gasteiger partial charge in [0.15, 0.2) is 0 Å². The summed E-state index contributed by atoms with van der Waals surface area (Å²) < 4.78 is 5.77. The molecule has 4 rings (SSSR count). The van der Waals surface area contributed by atoms with E-state index in [0.717, 1.165) is 5.56 Å². The molecule has 0 unspecified atom stereocenters. The minimum absolute atomic E-state index is 0.0674. The maximum absolute atomic E-state index is 13.1. The van der Waals surface area contributed by atoms with Crippen LogP contribution in [0.2, 0.25) is 0 Å². The number of hydrogen-bond acceptors (Lipinski definition) is 6. The second-order valence-corrected chi connectivity index (χ2v) is 9.80. The number of aromatic nitrogens is 2. The number of amides is 2. The second-order valence-electron chi connectivity index (χ2n) is 8.87. The number of carbonyl (C=O) groups is 2. The van der Waals surface area contributed by atoms with Gasteiger partial charge in [-0.3, -0.25) is 9.59 Å². The van der Waals surface area contributed by atoms with E-state index < -0.39 is 0 Å². The normalized spacial score (nSPS) is 16.3. The van der Waals surface area contributed by atoms with Crippen LogP contribution in [0.5, 0.6) is 0 Å². The van der Waals surface area contributed by atoms with Crippen LogP contribution < -0.4 is 10.2 Å². The minimum Gasteiger partial charge on any atom is -0.411 e. The van der Waals surface area contributed by atoms with Crippen molar-refractivity contribution in [2.45, 2.75) is 50.8 Å². The number of carbonyl (C=O) groups excluding carboxylic acids is 2. The van der Waals surface area contributed by atoms with E-state index in [9.17, 15) is 9.59 Å². The third kappa shape index (κ3) is 4.70.